The SMILES string of the molecule is CCCC1C[N@@+](C)(CC)CN1C. The molecule has 0 spiro atoms. The van der Waals surface area contributed by atoms with E-state index < -0.39 is 0 Å². The Morgan fingerprint density at radius 2 is 2.08 bits per heavy atom. The summed E-state index contributed by atoms with van der Waals surface area (Å²) in [4.78, 5) is 2.52. The lowest BCUT2D eigenvalue weighted by Crippen LogP contribution is -2.42. The van der Waals surface area contributed by atoms with E-state index >= 15 is 0 Å². The Morgan fingerprint density at radius 1 is 1.42 bits per heavy atom. The first-order valence-corrected chi connectivity index (χ1v) is 5.15. The summed E-state index contributed by atoms with van der Waals surface area (Å²) in [6, 6.07) is 0.833. The first-order chi connectivity index (χ1) is 5.61. The molecule has 2 nitrogen and oxygen atoms in total. The molecular formula is C10H23N2+. The lowest BCUT2D eigenvalue weighted by molar-refractivity contribution is -0.900. The molecule has 1 unspecified atom stereocenters. The molecule has 1 heterocycles. The number of nitrogens with zero attached hydrogens (tertiary/aromatic N) is 2. The summed E-state index contributed by atoms with van der Waals surface area (Å²) >= 11 is 0. The predicted molar refractivity (Wildman–Crippen MR) is 52.9 cm³/mol. The monoisotopic (exact) mass is 171 g/mol. The molecule has 0 aromatic heterocycles. The average molecular weight is 171 g/mol. The van der Waals surface area contributed by atoms with Crippen molar-refractivity contribution in [3.8, 4) is 0 Å². The fourth-order valence-corrected chi connectivity index (χ4v) is 2.23. The third-order valence-corrected chi connectivity index (χ3v) is 3.22. The van der Waals surface area contributed by atoms with Crippen LogP contribution >= 0.6 is 0 Å². The molecule has 2 atom stereocenters. The molecule has 1 rings (SSSR count). The maximum Gasteiger partial charge on any atom is 0.135 e. The zero-order valence-electron chi connectivity index (χ0n) is 9.01. The van der Waals surface area contributed by atoms with E-state index in [9.17, 15) is 0 Å². The molecule has 0 aromatic rings. The highest BCUT2D eigenvalue weighted by molar-refractivity contribution is 4.71. The maximum absolute atomic E-state index is 2.52. The molecule has 2 heteroatoms. The van der Waals surface area contributed by atoms with Crippen molar-refractivity contribution in [1.82, 2.24) is 4.90 Å². The number of hydrogen-bond acceptors (Lipinski definition) is 1. The minimum atomic E-state index is 0.833. The van der Waals surface area contributed by atoms with Crippen LogP contribution in [0.5, 0.6) is 0 Å². The van der Waals surface area contributed by atoms with Crippen LogP contribution in [-0.4, -0.2) is 49.3 Å². The van der Waals surface area contributed by atoms with Crippen molar-refractivity contribution in [3.63, 3.8) is 0 Å². The summed E-state index contributed by atoms with van der Waals surface area (Å²) in [6.45, 7) is 8.43. The van der Waals surface area contributed by atoms with Crippen molar-refractivity contribution in [3.05, 3.63) is 0 Å². The fourth-order valence-electron chi connectivity index (χ4n) is 2.23. The third-order valence-electron chi connectivity index (χ3n) is 3.22. The van der Waals surface area contributed by atoms with E-state index in [4.69, 9.17) is 0 Å². The minimum Gasteiger partial charge on any atom is -0.312 e. The van der Waals surface area contributed by atoms with Gasteiger partial charge in [0.1, 0.15) is 6.67 Å². The van der Waals surface area contributed by atoms with Gasteiger partial charge in [0.2, 0.25) is 0 Å². The van der Waals surface area contributed by atoms with Crippen molar-refractivity contribution in [1.29, 1.82) is 0 Å². The number of quaternary nitrogens is 1. The topological polar surface area (TPSA) is 3.24 Å². The van der Waals surface area contributed by atoms with Gasteiger partial charge in [-0.2, -0.15) is 0 Å². The highest BCUT2D eigenvalue weighted by Gasteiger charge is 2.36. The molecule has 72 valence electrons. The van der Waals surface area contributed by atoms with Gasteiger partial charge in [-0.25, -0.2) is 0 Å². The van der Waals surface area contributed by atoms with E-state index in [1.54, 1.807) is 0 Å². The molecule has 0 aliphatic carbocycles. The summed E-state index contributed by atoms with van der Waals surface area (Å²) < 4.78 is 1.24. The van der Waals surface area contributed by atoms with Gasteiger partial charge in [-0.15, -0.1) is 0 Å². The van der Waals surface area contributed by atoms with Gasteiger partial charge in [0.15, 0.2) is 0 Å². The lowest BCUT2D eigenvalue weighted by atomic mass is 10.1. The van der Waals surface area contributed by atoms with Crippen LogP contribution in [0.2, 0.25) is 0 Å². The Balaban J connectivity index is 2.49. The number of likely N-dealkylation sites (N-methyl/N-ethyl adjacent to an activating group) is 2. The van der Waals surface area contributed by atoms with Gasteiger partial charge < -0.3 is 4.48 Å². The van der Waals surface area contributed by atoms with Crippen LogP contribution in [0.15, 0.2) is 0 Å². The van der Waals surface area contributed by atoms with Gasteiger partial charge >= 0.3 is 0 Å². The summed E-state index contributed by atoms with van der Waals surface area (Å²) in [6.07, 6.45) is 2.68. The second kappa shape index (κ2) is 3.75. The maximum atomic E-state index is 2.52. The molecule has 0 saturated carbocycles. The molecule has 12 heavy (non-hydrogen) atoms. The van der Waals surface area contributed by atoms with Crippen LogP contribution in [0.3, 0.4) is 0 Å². The average Bonchev–Trinajstić information content (AvgIpc) is 2.30. The zero-order chi connectivity index (χ0) is 9.19. The van der Waals surface area contributed by atoms with Crippen molar-refractivity contribution >= 4 is 0 Å². The van der Waals surface area contributed by atoms with Crippen LogP contribution in [0, 0.1) is 0 Å². The molecule has 0 radical (unpaired) electrons. The van der Waals surface area contributed by atoms with E-state index in [1.165, 1.54) is 37.1 Å². The Labute approximate surface area is 76.7 Å². The molecule has 1 fully saturated rings. The predicted octanol–water partition coefficient (Wildman–Crippen LogP) is 1.52. The van der Waals surface area contributed by atoms with Gasteiger partial charge in [0.25, 0.3) is 0 Å². The molecule has 1 aliphatic heterocycles. The first kappa shape index (κ1) is 10.0. The standard InChI is InChI=1S/C10H23N2/c1-5-7-10-8-12(4,6-2)9-11(10)3/h10H,5-9H2,1-4H3/q+1/t10?,12-/m1/s1. The number of hydrogen-bond donors (Lipinski definition) is 0. The van der Waals surface area contributed by atoms with Gasteiger partial charge in [0.05, 0.1) is 26.2 Å². The van der Waals surface area contributed by atoms with E-state index in [-0.39, 0.29) is 0 Å². The molecular weight excluding hydrogens is 148 g/mol. The van der Waals surface area contributed by atoms with Gasteiger partial charge in [-0.3, -0.25) is 4.90 Å². The van der Waals surface area contributed by atoms with E-state index in [0.717, 1.165) is 6.04 Å². The highest BCUT2D eigenvalue weighted by Crippen LogP contribution is 2.20. The number of rotatable bonds is 3. The Hall–Kier alpha value is -0.0800. The van der Waals surface area contributed by atoms with Gasteiger partial charge in [-0.05, 0) is 20.4 Å². The first-order valence-electron chi connectivity index (χ1n) is 5.15. The molecule has 0 bridgehead atoms. The van der Waals surface area contributed by atoms with Crippen molar-refractivity contribution in [2.75, 3.05) is 33.9 Å². The molecule has 1 aliphatic rings. The van der Waals surface area contributed by atoms with Crippen LogP contribution in [0.4, 0.5) is 0 Å². The second-order valence-corrected chi connectivity index (χ2v) is 4.46. The smallest absolute Gasteiger partial charge is 0.135 e. The minimum absolute atomic E-state index is 0.833. The van der Waals surface area contributed by atoms with Crippen LogP contribution in [0.1, 0.15) is 26.7 Å². The normalized spacial score (nSPS) is 37.5. The largest absolute Gasteiger partial charge is 0.312 e. The van der Waals surface area contributed by atoms with E-state index in [2.05, 4.69) is 32.8 Å². The summed E-state index contributed by atoms with van der Waals surface area (Å²) in [5.41, 5.74) is 0. The van der Waals surface area contributed by atoms with Crippen molar-refractivity contribution < 1.29 is 4.48 Å². The Kier molecular flexibility index (Phi) is 3.13. The second-order valence-electron chi connectivity index (χ2n) is 4.46. The highest BCUT2D eigenvalue weighted by atomic mass is 15.5. The molecule has 0 aromatic carbocycles. The summed E-state index contributed by atoms with van der Waals surface area (Å²) in [5.74, 6) is 0. The van der Waals surface area contributed by atoms with Crippen molar-refractivity contribution in [2.24, 2.45) is 0 Å². The third kappa shape index (κ3) is 1.99. The summed E-state index contributed by atoms with van der Waals surface area (Å²) in [5, 5.41) is 0. The molecule has 0 N–H and O–H groups in total. The van der Waals surface area contributed by atoms with Gasteiger partial charge in [-0.1, -0.05) is 13.3 Å². The van der Waals surface area contributed by atoms with Crippen LogP contribution in [0.25, 0.3) is 0 Å². The molecule has 0 amide bonds. The van der Waals surface area contributed by atoms with Crippen molar-refractivity contribution in [2.45, 2.75) is 32.7 Å². The summed E-state index contributed by atoms with van der Waals surface area (Å²) in [7, 11) is 4.63. The van der Waals surface area contributed by atoms with Gasteiger partial charge in [0, 0.05) is 0 Å². The fraction of sp³-hybridized carbons (Fsp3) is 1.00. The molecule has 1 saturated heterocycles. The van der Waals surface area contributed by atoms with E-state index in [1.807, 2.05) is 0 Å². The van der Waals surface area contributed by atoms with E-state index in [0.29, 0.717) is 0 Å². The van der Waals surface area contributed by atoms with Crippen LogP contribution in [-0.2, 0) is 0 Å². The zero-order valence-corrected chi connectivity index (χ0v) is 9.01. The van der Waals surface area contributed by atoms with Crippen LogP contribution < -0.4 is 0 Å². The Morgan fingerprint density at radius 3 is 2.50 bits per heavy atom. The lowest BCUT2D eigenvalue weighted by Gasteiger charge is -2.27. The quantitative estimate of drug-likeness (QED) is 0.582. The Bertz CT molecular complexity index is 147.